The summed E-state index contributed by atoms with van der Waals surface area (Å²) in [6.07, 6.45) is 5.29. The van der Waals surface area contributed by atoms with Crippen LogP contribution in [0.5, 0.6) is 0 Å². The highest BCUT2D eigenvalue weighted by molar-refractivity contribution is 5.47. The molecule has 1 aromatic heterocycles. The fourth-order valence-corrected chi connectivity index (χ4v) is 2.27. The third kappa shape index (κ3) is 3.33. The van der Waals surface area contributed by atoms with Crippen LogP contribution in [0.25, 0.3) is 0 Å². The first-order valence-corrected chi connectivity index (χ1v) is 6.85. The summed E-state index contributed by atoms with van der Waals surface area (Å²) < 4.78 is 5.58. The maximum Gasteiger partial charge on any atom is 0.145 e. The Hall–Kier alpha value is -1.40. The maximum absolute atomic E-state index is 5.58. The van der Waals surface area contributed by atoms with Crippen molar-refractivity contribution < 1.29 is 4.74 Å². The Morgan fingerprint density at radius 2 is 2.11 bits per heavy atom. The van der Waals surface area contributed by atoms with Crippen LogP contribution in [0.3, 0.4) is 0 Å². The van der Waals surface area contributed by atoms with E-state index in [2.05, 4.69) is 27.6 Å². The Labute approximate surface area is 114 Å². The topological polar surface area (TPSA) is 85.1 Å². The quantitative estimate of drug-likeness (QED) is 0.514. The molecule has 0 amide bonds. The molecule has 106 valence electrons. The number of hydrogen-bond acceptors (Lipinski definition) is 6. The van der Waals surface area contributed by atoms with E-state index in [-0.39, 0.29) is 5.60 Å². The average Bonchev–Trinajstić information content (AvgIpc) is 2.38. The lowest BCUT2D eigenvalue weighted by atomic mass is 9.80. The SMILES string of the molecule is CCCc1nc(NN)cc(NCC2(OC)CCC2)n1. The predicted octanol–water partition coefficient (Wildman–Crippen LogP) is 1.70. The molecule has 2 rings (SSSR count). The zero-order valence-electron chi connectivity index (χ0n) is 11.7. The van der Waals surface area contributed by atoms with Crippen LogP contribution < -0.4 is 16.6 Å². The summed E-state index contributed by atoms with van der Waals surface area (Å²) in [5.74, 6) is 7.68. The Balaban J connectivity index is 2.04. The second-order valence-corrected chi connectivity index (χ2v) is 5.04. The summed E-state index contributed by atoms with van der Waals surface area (Å²) in [5.41, 5.74) is 2.56. The van der Waals surface area contributed by atoms with Crippen LogP contribution in [-0.4, -0.2) is 29.2 Å². The zero-order chi connectivity index (χ0) is 13.7. The molecule has 0 aliphatic heterocycles. The third-order valence-corrected chi connectivity index (χ3v) is 3.68. The van der Waals surface area contributed by atoms with Gasteiger partial charge in [0.1, 0.15) is 17.5 Å². The number of aryl methyl sites for hydroxylation is 1. The number of hydrazine groups is 1. The number of nitrogen functional groups attached to an aromatic ring is 1. The minimum atomic E-state index is -0.0217. The van der Waals surface area contributed by atoms with Crippen LogP contribution in [-0.2, 0) is 11.2 Å². The van der Waals surface area contributed by atoms with Crippen LogP contribution in [0.2, 0.25) is 0 Å². The predicted molar refractivity (Wildman–Crippen MR) is 75.9 cm³/mol. The molecule has 0 unspecified atom stereocenters. The Bertz CT molecular complexity index is 414. The van der Waals surface area contributed by atoms with E-state index < -0.39 is 0 Å². The van der Waals surface area contributed by atoms with Gasteiger partial charge in [-0.3, -0.25) is 0 Å². The largest absolute Gasteiger partial charge is 0.376 e. The summed E-state index contributed by atoms with van der Waals surface area (Å²) in [6.45, 7) is 2.88. The van der Waals surface area contributed by atoms with Gasteiger partial charge in [0.15, 0.2) is 0 Å². The van der Waals surface area contributed by atoms with Gasteiger partial charge in [0.05, 0.1) is 5.60 Å². The van der Waals surface area contributed by atoms with Gasteiger partial charge in [-0.05, 0) is 25.7 Å². The van der Waals surface area contributed by atoms with Crippen LogP contribution in [0.4, 0.5) is 11.6 Å². The number of nitrogens with zero attached hydrogens (tertiary/aromatic N) is 2. The molecule has 1 aliphatic rings. The van der Waals surface area contributed by atoms with Gasteiger partial charge in [-0.15, -0.1) is 0 Å². The lowest BCUT2D eigenvalue weighted by Gasteiger charge is -2.40. The van der Waals surface area contributed by atoms with Crippen molar-refractivity contribution >= 4 is 11.6 Å². The third-order valence-electron chi connectivity index (χ3n) is 3.68. The van der Waals surface area contributed by atoms with Crippen molar-refractivity contribution in [2.75, 3.05) is 24.4 Å². The molecule has 1 saturated carbocycles. The van der Waals surface area contributed by atoms with Crippen molar-refractivity contribution in [2.24, 2.45) is 5.84 Å². The normalized spacial score (nSPS) is 16.8. The Kier molecular flexibility index (Phi) is 4.55. The number of aromatic nitrogens is 2. The van der Waals surface area contributed by atoms with Gasteiger partial charge >= 0.3 is 0 Å². The van der Waals surface area contributed by atoms with E-state index in [4.69, 9.17) is 10.6 Å². The molecule has 0 saturated heterocycles. The smallest absolute Gasteiger partial charge is 0.145 e. The molecule has 6 heteroatoms. The summed E-state index contributed by atoms with van der Waals surface area (Å²) in [5, 5.41) is 3.34. The van der Waals surface area contributed by atoms with Gasteiger partial charge in [-0.2, -0.15) is 0 Å². The second kappa shape index (κ2) is 6.16. The molecule has 0 radical (unpaired) electrons. The molecule has 1 fully saturated rings. The maximum atomic E-state index is 5.58. The molecule has 19 heavy (non-hydrogen) atoms. The van der Waals surface area contributed by atoms with E-state index in [9.17, 15) is 0 Å². The Morgan fingerprint density at radius 3 is 2.63 bits per heavy atom. The molecular formula is C13H23N5O. The van der Waals surface area contributed by atoms with Gasteiger partial charge in [0, 0.05) is 26.1 Å². The number of hydrogen-bond donors (Lipinski definition) is 3. The molecule has 1 heterocycles. The average molecular weight is 265 g/mol. The van der Waals surface area contributed by atoms with E-state index >= 15 is 0 Å². The molecule has 0 bridgehead atoms. The van der Waals surface area contributed by atoms with Gasteiger partial charge in [0.2, 0.25) is 0 Å². The highest BCUT2D eigenvalue weighted by Crippen LogP contribution is 2.35. The van der Waals surface area contributed by atoms with Crippen molar-refractivity contribution in [3.63, 3.8) is 0 Å². The first-order valence-electron chi connectivity index (χ1n) is 6.85. The lowest BCUT2D eigenvalue weighted by molar-refractivity contribution is -0.0601. The summed E-state index contributed by atoms with van der Waals surface area (Å²) >= 11 is 0. The number of ether oxygens (including phenoxy) is 1. The van der Waals surface area contributed by atoms with Gasteiger partial charge < -0.3 is 15.5 Å². The minimum Gasteiger partial charge on any atom is -0.376 e. The highest BCUT2D eigenvalue weighted by atomic mass is 16.5. The monoisotopic (exact) mass is 265 g/mol. The lowest BCUT2D eigenvalue weighted by Crippen LogP contribution is -2.45. The molecule has 1 aliphatic carbocycles. The molecule has 1 aromatic rings. The van der Waals surface area contributed by atoms with Crippen LogP contribution in [0.15, 0.2) is 6.07 Å². The van der Waals surface area contributed by atoms with Gasteiger partial charge in [0.25, 0.3) is 0 Å². The fraction of sp³-hybridized carbons (Fsp3) is 0.692. The van der Waals surface area contributed by atoms with Crippen molar-refractivity contribution in [1.29, 1.82) is 0 Å². The number of anilines is 2. The van der Waals surface area contributed by atoms with Gasteiger partial charge in [-0.25, -0.2) is 15.8 Å². The molecular weight excluding hydrogens is 242 g/mol. The standard InChI is InChI=1S/C13H23N5O/c1-3-5-10-16-11(8-12(17-10)18-14)15-9-13(19-2)6-4-7-13/h8H,3-7,9,14H2,1-2H3,(H2,15,16,17,18). The van der Waals surface area contributed by atoms with Gasteiger partial charge in [-0.1, -0.05) is 6.92 Å². The molecule has 0 spiro atoms. The van der Waals surface area contributed by atoms with E-state index in [1.807, 2.05) is 6.07 Å². The van der Waals surface area contributed by atoms with Crippen molar-refractivity contribution in [1.82, 2.24) is 9.97 Å². The van der Waals surface area contributed by atoms with Crippen LogP contribution >= 0.6 is 0 Å². The van der Waals surface area contributed by atoms with Crippen molar-refractivity contribution in [2.45, 2.75) is 44.6 Å². The van der Waals surface area contributed by atoms with E-state index in [1.54, 1.807) is 7.11 Å². The number of nitrogens with one attached hydrogen (secondary N) is 2. The first-order chi connectivity index (χ1) is 9.21. The van der Waals surface area contributed by atoms with E-state index in [0.717, 1.165) is 43.9 Å². The van der Waals surface area contributed by atoms with Crippen LogP contribution in [0.1, 0.15) is 38.4 Å². The number of nitrogens with two attached hydrogens (primary N) is 1. The zero-order valence-corrected chi connectivity index (χ0v) is 11.7. The molecule has 0 atom stereocenters. The fourth-order valence-electron chi connectivity index (χ4n) is 2.27. The highest BCUT2D eigenvalue weighted by Gasteiger charge is 2.36. The summed E-state index contributed by atoms with van der Waals surface area (Å²) in [7, 11) is 1.77. The number of methoxy groups -OCH3 is 1. The van der Waals surface area contributed by atoms with Crippen molar-refractivity contribution in [3.8, 4) is 0 Å². The summed E-state index contributed by atoms with van der Waals surface area (Å²) in [4.78, 5) is 8.82. The molecule has 6 nitrogen and oxygen atoms in total. The molecule has 0 aromatic carbocycles. The second-order valence-electron chi connectivity index (χ2n) is 5.04. The first kappa shape index (κ1) is 14.0. The van der Waals surface area contributed by atoms with E-state index in [0.29, 0.717) is 5.82 Å². The number of rotatable bonds is 7. The van der Waals surface area contributed by atoms with Crippen LogP contribution in [0, 0.1) is 0 Å². The summed E-state index contributed by atoms with van der Waals surface area (Å²) in [6, 6.07) is 1.82. The Morgan fingerprint density at radius 1 is 1.37 bits per heavy atom. The minimum absolute atomic E-state index is 0.0217. The van der Waals surface area contributed by atoms with E-state index in [1.165, 1.54) is 6.42 Å². The molecule has 4 N–H and O–H groups in total. The van der Waals surface area contributed by atoms with Crippen molar-refractivity contribution in [3.05, 3.63) is 11.9 Å².